The van der Waals surface area contributed by atoms with Crippen molar-refractivity contribution in [3.63, 3.8) is 0 Å². The molecular weight excluding hydrogens is 590 g/mol. The van der Waals surface area contributed by atoms with Crippen molar-refractivity contribution >= 4 is 60.7 Å². The van der Waals surface area contributed by atoms with Crippen molar-refractivity contribution < 1.29 is 9.53 Å². The summed E-state index contributed by atoms with van der Waals surface area (Å²) in [5.74, 6) is -0.301. The predicted molar refractivity (Wildman–Crippen MR) is 142 cm³/mol. The molecule has 0 saturated carbocycles. The highest BCUT2D eigenvalue weighted by atomic mass is 127. The van der Waals surface area contributed by atoms with Crippen LogP contribution in [0.4, 0.5) is 0 Å². The minimum atomic E-state index is -0.301. The molecule has 5 heteroatoms. The molecule has 0 amide bonds. The first-order chi connectivity index (χ1) is 13.6. The van der Waals surface area contributed by atoms with Crippen LogP contribution in [0.1, 0.15) is 110 Å². The summed E-state index contributed by atoms with van der Waals surface area (Å²) in [5.41, 5.74) is 0. The van der Waals surface area contributed by atoms with E-state index < -0.39 is 0 Å². The average molecular weight is 632 g/mol. The monoisotopic (exact) mass is 632 g/mol. The molecule has 0 aliphatic rings. The van der Waals surface area contributed by atoms with Crippen molar-refractivity contribution in [3.05, 3.63) is 12.7 Å². The Balaban J connectivity index is 3.12. The van der Waals surface area contributed by atoms with Crippen LogP contribution in [-0.2, 0) is 9.53 Å². The van der Waals surface area contributed by atoms with Gasteiger partial charge in [-0.2, -0.15) is 0 Å². The van der Waals surface area contributed by atoms with Gasteiger partial charge in [-0.3, -0.25) is 0 Å². The number of rotatable bonds is 21. The van der Waals surface area contributed by atoms with Crippen LogP contribution >= 0.6 is 45.2 Å². The minimum Gasteiger partial charge on any atom is -0.460 e. The summed E-state index contributed by atoms with van der Waals surface area (Å²) < 4.78 is 6.03. The number of hydrogen-bond donors (Lipinski definition) is 0. The Bertz CT molecular complexity index is 365. The van der Waals surface area contributed by atoms with Crippen LogP contribution in [0.15, 0.2) is 12.7 Å². The molecule has 0 rings (SSSR count). The smallest absolute Gasteiger partial charge is 0.330 e. The van der Waals surface area contributed by atoms with Gasteiger partial charge in [0.2, 0.25) is 0 Å². The lowest BCUT2D eigenvalue weighted by atomic mass is 10.0. The molecule has 0 aromatic carbocycles. The van der Waals surface area contributed by atoms with E-state index in [-0.39, 0.29) is 12.1 Å². The van der Waals surface area contributed by atoms with E-state index in [2.05, 4.69) is 51.8 Å². The van der Waals surface area contributed by atoms with Gasteiger partial charge in [0.15, 0.2) is 0 Å². The van der Waals surface area contributed by atoms with E-state index in [1.165, 1.54) is 102 Å². The van der Waals surface area contributed by atoms with E-state index in [0.29, 0.717) is 0 Å². The Hall–Kier alpha value is 0.887. The average Bonchev–Trinajstić information content (AvgIpc) is 2.66. The zero-order chi connectivity index (χ0) is 20.9. The minimum absolute atomic E-state index is 0.0233. The van der Waals surface area contributed by atoms with Gasteiger partial charge in [0, 0.05) is 6.08 Å². The van der Waals surface area contributed by atoms with Gasteiger partial charge in [0.1, 0.15) is 0 Å². The normalized spacial score (nSPS) is 12.3. The molecule has 0 aliphatic heterocycles. The standard InChI is InChI=1S/C23H42I2O2Si/c1-3-22(26)27-21(2)19-17-15-13-11-9-7-5-4-6-8-10-12-14-16-18-20-28-23(24)25/h3,21,23H,1,4-20H2,2H3. The van der Waals surface area contributed by atoms with E-state index in [9.17, 15) is 4.79 Å². The first-order valence-electron chi connectivity index (χ1n) is 11.4. The number of hydrogen-bond acceptors (Lipinski definition) is 2. The van der Waals surface area contributed by atoms with Gasteiger partial charge in [0.25, 0.3) is 0 Å². The van der Waals surface area contributed by atoms with Gasteiger partial charge >= 0.3 is 5.97 Å². The Morgan fingerprint density at radius 1 is 0.821 bits per heavy atom. The highest BCUT2D eigenvalue weighted by Gasteiger charge is 2.05. The first-order valence-corrected chi connectivity index (χ1v) is 15.2. The number of ether oxygens (including phenoxy) is 1. The summed E-state index contributed by atoms with van der Waals surface area (Å²) in [7, 11) is 1.15. The van der Waals surface area contributed by atoms with Crippen LogP contribution in [0.5, 0.6) is 0 Å². The maximum absolute atomic E-state index is 11.1. The van der Waals surface area contributed by atoms with Crippen LogP contribution in [0.2, 0.25) is 6.04 Å². The number of halogens is 2. The van der Waals surface area contributed by atoms with E-state index >= 15 is 0 Å². The molecule has 0 fully saturated rings. The Morgan fingerprint density at radius 2 is 1.21 bits per heavy atom. The summed E-state index contributed by atoms with van der Waals surface area (Å²) in [6.07, 6.45) is 23.1. The predicted octanol–water partition coefficient (Wildman–Crippen LogP) is 8.62. The fraction of sp³-hybridized carbons (Fsp3) is 0.870. The second-order valence-corrected chi connectivity index (χ2v) is 16.5. The molecule has 2 radical (unpaired) electrons. The highest BCUT2D eigenvalue weighted by molar-refractivity contribution is 14.2. The maximum Gasteiger partial charge on any atom is 0.330 e. The van der Waals surface area contributed by atoms with Gasteiger partial charge in [-0.25, -0.2) is 4.79 Å². The van der Waals surface area contributed by atoms with Crippen LogP contribution in [0.25, 0.3) is 0 Å². The quantitative estimate of drug-likeness (QED) is 0.0317. The zero-order valence-electron chi connectivity index (χ0n) is 18.0. The Kier molecular flexibility index (Phi) is 23.3. The van der Waals surface area contributed by atoms with Gasteiger partial charge in [-0.15, -0.1) is 0 Å². The van der Waals surface area contributed by atoms with E-state index in [1.807, 2.05) is 6.92 Å². The van der Waals surface area contributed by atoms with Crippen molar-refractivity contribution in [1.82, 2.24) is 0 Å². The summed E-state index contributed by atoms with van der Waals surface area (Å²) in [5, 5.41) is 0. The third kappa shape index (κ3) is 23.2. The Labute approximate surface area is 204 Å². The second kappa shape index (κ2) is 22.6. The van der Waals surface area contributed by atoms with Crippen LogP contribution in [0, 0.1) is 0 Å². The van der Waals surface area contributed by atoms with Gasteiger partial charge in [-0.1, -0.05) is 148 Å². The summed E-state index contributed by atoms with van der Waals surface area (Å²) in [4.78, 5) is 11.1. The number of carbonyl (C=O) groups excluding carboxylic acids is 1. The molecule has 0 N–H and O–H groups in total. The van der Waals surface area contributed by atoms with E-state index in [0.717, 1.165) is 23.9 Å². The molecule has 2 nitrogen and oxygen atoms in total. The highest BCUT2D eigenvalue weighted by Crippen LogP contribution is 2.15. The lowest BCUT2D eigenvalue weighted by Crippen LogP contribution is -2.12. The van der Waals surface area contributed by atoms with Crippen molar-refractivity contribution in [2.24, 2.45) is 0 Å². The molecule has 0 bridgehead atoms. The van der Waals surface area contributed by atoms with Crippen molar-refractivity contribution in [3.8, 4) is 0 Å². The van der Waals surface area contributed by atoms with Gasteiger partial charge in [0.05, 0.1) is 17.2 Å². The van der Waals surface area contributed by atoms with Gasteiger partial charge in [-0.05, 0) is 19.8 Å². The molecule has 164 valence electrons. The number of carbonyl (C=O) groups is 1. The van der Waals surface area contributed by atoms with Crippen LogP contribution < -0.4 is 0 Å². The molecule has 0 spiro atoms. The van der Waals surface area contributed by atoms with E-state index in [4.69, 9.17) is 4.74 Å². The van der Waals surface area contributed by atoms with Crippen molar-refractivity contribution in [1.29, 1.82) is 0 Å². The number of esters is 1. The largest absolute Gasteiger partial charge is 0.460 e. The zero-order valence-corrected chi connectivity index (χ0v) is 23.3. The number of alkyl halides is 2. The van der Waals surface area contributed by atoms with Gasteiger partial charge < -0.3 is 4.74 Å². The third-order valence-electron chi connectivity index (χ3n) is 5.07. The molecule has 1 atom stereocenters. The van der Waals surface area contributed by atoms with E-state index in [1.54, 1.807) is 0 Å². The summed E-state index contributed by atoms with van der Waals surface area (Å²) in [6.45, 7) is 5.39. The lowest BCUT2D eigenvalue weighted by Gasteiger charge is -2.11. The maximum atomic E-state index is 11.1. The lowest BCUT2D eigenvalue weighted by molar-refractivity contribution is -0.142. The molecule has 1 unspecified atom stereocenters. The van der Waals surface area contributed by atoms with Crippen LogP contribution in [-0.4, -0.2) is 23.1 Å². The number of unbranched alkanes of at least 4 members (excludes halogenated alkanes) is 14. The topological polar surface area (TPSA) is 26.3 Å². The van der Waals surface area contributed by atoms with Crippen molar-refractivity contribution in [2.45, 2.75) is 123 Å². The summed E-state index contributed by atoms with van der Waals surface area (Å²) in [6, 6.07) is 1.45. The first kappa shape index (κ1) is 28.9. The molecule has 0 aromatic rings. The molecule has 0 saturated heterocycles. The van der Waals surface area contributed by atoms with Crippen molar-refractivity contribution in [2.75, 3.05) is 0 Å². The van der Waals surface area contributed by atoms with Crippen LogP contribution in [0.3, 0.4) is 0 Å². The second-order valence-electron chi connectivity index (χ2n) is 7.80. The molecule has 0 heterocycles. The molecule has 0 aliphatic carbocycles. The molecule has 28 heavy (non-hydrogen) atoms. The fourth-order valence-corrected chi connectivity index (χ4v) is 5.91. The Morgan fingerprint density at radius 3 is 1.61 bits per heavy atom. The third-order valence-corrected chi connectivity index (χ3v) is 8.66. The SMILES string of the molecule is C=CC(=O)OC(C)CCCCCCCCCCCCCCCCC[Si]C(I)I. The summed E-state index contributed by atoms with van der Waals surface area (Å²) >= 11 is 5.07. The fourth-order valence-electron chi connectivity index (χ4n) is 3.37. The molecule has 0 aromatic heterocycles. The molecular formula is C23H42I2O2Si.